The number of halogens is 2. The molecule has 0 heterocycles. The molecular formula is C17H16F2N2O3. The summed E-state index contributed by atoms with van der Waals surface area (Å²) in [5.74, 6) is -1.51. The van der Waals surface area contributed by atoms with Gasteiger partial charge in [0.2, 0.25) is 0 Å². The molecule has 0 aliphatic carbocycles. The highest BCUT2D eigenvalue weighted by Gasteiger charge is 2.13. The van der Waals surface area contributed by atoms with Crippen LogP contribution in [0.15, 0.2) is 48.5 Å². The Morgan fingerprint density at radius 1 is 1.25 bits per heavy atom. The number of nitro groups is 1. The van der Waals surface area contributed by atoms with E-state index in [0.29, 0.717) is 18.2 Å². The average Bonchev–Trinajstić information content (AvgIpc) is 2.54. The van der Waals surface area contributed by atoms with E-state index in [1.54, 1.807) is 30.4 Å². The van der Waals surface area contributed by atoms with Crippen molar-refractivity contribution in [1.29, 1.82) is 0 Å². The normalized spacial score (nSPS) is 12.5. The van der Waals surface area contributed by atoms with Crippen LogP contribution in [0.2, 0.25) is 0 Å². The Kier molecular flexibility index (Phi) is 6.11. The molecule has 0 radical (unpaired) electrons. The van der Waals surface area contributed by atoms with Crippen molar-refractivity contribution in [3.05, 3.63) is 81.4 Å². The van der Waals surface area contributed by atoms with Gasteiger partial charge >= 0.3 is 0 Å². The summed E-state index contributed by atoms with van der Waals surface area (Å²) >= 11 is 0. The molecule has 0 saturated heterocycles. The van der Waals surface area contributed by atoms with E-state index in [0.717, 1.165) is 6.07 Å². The van der Waals surface area contributed by atoms with E-state index < -0.39 is 22.7 Å². The third-order valence-corrected chi connectivity index (χ3v) is 3.35. The Hall–Kier alpha value is -2.64. The van der Waals surface area contributed by atoms with Crippen LogP contribution in [-0.2, 0) is 0 Å². The van der Waals surface area contributed by atoms with Gasteiger partial charge < -0.3 is 10.4 Å². The topological polar surface area (TPSA) is 75.4 Å². The molecule has 0 saturated carbocycles. The quantitative estimate of drug-likeness (QED) is 0.463. The first kappa shape index (κ1) is 17.7. The maximum absolute atomic E-state index is 13.5. The summed E-state index contributed by atoms with van der Waals surface area (Å²) in [5, 5.41) is 23.6. The molecule has 2 aromatic carbocycles. The van der Waals surface area contributed by atoms with Crippen LogP contribution >= 0.6 is 0 Å². The third-order valence-electron chi connectivity index (χ3n) is 3.35. The Morgan fingerprint density at radius 3 is 2.71 bits per heavy atom. The second-order valence-corrected chi connectivity index (χ2v) is 5.06. The molecule has 0 spiro atoms. The maximum atomic E-state index is 13.5. The molecule has 0 aliphatic rings. The molecule has 0 bridgehead atoms. The lowest BCUT2D eigenvalue weighted by molar-refractivity contribution is -0.385. The molecule has 0 aromatic heterocycles. The molecule has 126 valence electrons. The van der Waals surface area contributed by atoms with Crippen molar-refractivity contribution in [1.82, 2.24) is 5.32 Å². The number of aliphatic hydroxyl groups excluding tert-OH is 1. The monoisotopic (exact) mass is 334 g/mol. The van der Waals surface area contributed by atoms with Crippen LogP contribution in [-0.4, -0.2) is 23.1 Å². The van der Waals surface area contributed by atoms with E-state index in [1.807, 2.05) is 0 Å². The number of nitrogens with one attached hydrogen (secondary N) is 1. The van der Waals surface area contributed by atoms with Gasteiger partial charge in [-0.15, -0.1) is 0 Å². The highest BCUT2D eigenvalue weighted by atomic mass is 19.1. The number of nitrogens with zero attached hydrogens (tertiary/aromatic N) is 1. The summed E-state index contributed by atoms with van der Waals surface area (Å²) in [7, 11) is 0. The van der Waals surface area contributed by atoms with Crippen LogP contribution in [0.5, 0.6) is 0 Å². The van der Waals surface area contributed by atoms with Crippen LogP contribution in [0.25, 0.3) is 6.08 Å². The van der Waals surface area contributed by atoms with E-state index in [1.165, 1.54) is 12.1 Å². The molecule has 2 aromatic rings. The van der Waals surface area contributed by atoms with Gasteiger partial charge in [0, 0.05) is 30.8 Å². The van der Waals surface area contributed by atoms with Crippen LogP contribution < -0.4 is 5.32 Å². The molecule has 1 atom stereocenters. The van der Waals surface area contributed by atoms with Crippen LogP contribution in [0.1, 0.15) is 17.2 Å². The number of hydrogen-bond donors (Lipinski definition) is 2. The Balaban J connectivity index is 1.88. The number of hydrogen-bond acceptors (Lipinski definition) is 4. The van der Waals surface area contributed by atoms with Gasteiger partial charge in [-0.3, -0.25) is 10.1 Å². The summed E-state index contributed by atoms with van der Waals surface area (Å²) in [4.78, 5) is 10.4. The number of nitro benzene ring substituents is 1. The fourth-order valence-electron chi connectivity index (χ4n) is 2.17. The highest BCUT2D eigenvalue weighted by Crippen LogP contribution is 2.19. The zero-order valence-electron chi connectivity index (χ0n) is 12.7. The van der Waals surface area contributed by atoms with Gasteiger partial charge in [-0.05, 0) is 12.1 Å². The number of aliphatic hydroxyl groups is 1. The lowest BCUT2D eigenvalue weighted by atomic mass is 10.1. The minimum Gasteiger partial charge on any atom is -0.387 e. The van der Waals surface area contributed by atoms with Gasteiger partial charge in [0.15, 0.2) is 0 Å². The fourth-order valence-corrected chi connectivity index (χ4v) is 2.17. The van der Waals surface area contributed by atoms with Crippen molar-refractivity contribution in [2.75, 3.05) is 13.1 Å². The largest absolute Gasteiger partial charge is 0.387 e. The van der Waals surface area contributed by atoms with Crippen LogP contribution in [0, 0.1) is 21.7 Å². The highest BCUT2D eigenvalue weighted by molar-refractivity contribution is 5.60. The Morgan fingerprint density at radius 2 is 2.00 bits per heavy atom. The second-order valence-electron chi connectivity index (χ2n) is 5.06. The molecule has 5 nitrogen and oxygen atoms in total. The molecule has 0 aliphatic heterocycles. The maximum Gasteiger partial charge on any atom is 0.276 e. The number of rotatable bonds is 7. The summed E-state index contributed by atoms with van der Waals surface area (Å²) in [6.07, 6.45) is 2.14. The molecule has 2 N–H and O–H groups in total. The predicted octanol–water partition coefficient (Wildman–Crippen LogP) is 3.21. The van der Waals surface area contributed by atoms with Gasteiger partial charge in [0.1, 0.15) is 11.6 Å². The zero-order chi connectivity index (χ0) is 17.5. The molecule has 24 heavy (non-hydrogen) atoms. The van der Waals surface area contributed by atoms with Gasteiger partial charge in [0.05, 0.1) is 16.6 Å². The first-order valence-corrected chi connectivity index (χ1v) is 7.22. The Labute approximate surface area is 137 Å². The van der Waals surface area contributed by atoms with Crippen molar-refractivity contribution < 1.29 is 18.8 Å². The predicted molar refractivity (Wildman–Crippen MR) is 86.3 cm³/mol. The van der Waals surface area contributed by atoms with Crippen molar-refractivity contribution in [3.8, 4) is 0 Å². The summed E-state index contributed by atoms with van der Waals surface area (Å²) < 4.78 is 26.3. The van der Waals surface area contributed by atoms with Gasteiger partial charge in [-0.2, -0.15) is 0 Å². The van der Waals surface area contributed by atoms with Crippen molar-refractivity contribution >= 4 is 11.8 Å². The van der Waals surface area contributed by atoms with Crippen LogP contribution in [0.3, 0.4) is 0 Å². The first-order valence-electron chi connectivity index (χ1n) is 7.22. The average molecular weight is 334 g/mol. The second kappa shape index (κ2) is 8.28. The molecule has 2 rings (SSSR count). The standard InChI is InChI=1S/C17H16F2N2O3/c18-13-7-8-14(15(19)10-13)17(22)11-20-9-3-5-12-4-1-2-6-16(12)21(23)24/h1-8,10,17,20,22H,9,11H2/b5-3+/t17-/m0/s1. The van der Waals surface area contributed by atoms with Crippen molar-refractivity contribution in [2.45, 2.75) is 6.10 Å². The smallest absolute Gasteiger partial charge is 0.276 e. The van der Waals surface area contributed by atoms with Crippen LogP contribution in [0.4, 0.5) is 14.5 Å². The van der Waals surface area contributed by atoms with E-state index in [2.05, 4.69) is 5.32 Å². The SMILES string of the molecule is O=[N+]([O-])c1ccccc1/C=C/CNC[C@H](O)c1ccc(F)cc1F. The fraction of sp³-hybridized carbons (Fsp3) is 0.176. The van der Waals surface area contributed by atoms with Gasteiger partial charge in [-0.1, -0.05) is 30.4 Å². The molecule has 0 unspecified atom stereocenters. The van der Waals surface area contributed by atoms with E-state index in [4.69, 9.17) is 0 Å². The van der Waals surface area contributed by atoms with E-state index in [-0.39, 0.29) is 17.8 Å². The number of para-hydroxylation sites is 1. The minimum atomic E-state index is -1.12. The van der Waals surface area contributed by atoms with Crippen molar-refractivity contribution in [3.63, 3.8) is 0 Å². The molecule has 0 amide bonds. The van der Waals surface area contributed by atoms with E-state index >= 15 is 0 Å². The molecule has 0 fully saturated rings. The van der Waals surface area contributed by atoms with Gasteiger partial charge in [0.25, 0.3) is 5.69 Å². The lowest BCUT2D eigenvalue weighted by Crippen LogP contribution is -2.22. The summed E-state index contributed by atoms with van der Waals surface area (Å²) in [6.45, 7) is 0.385. The minimum absolute atomic E-state index is 0.00201. The lowest BCUT2D eigenvalue weighted by Gasteiger charge is -2.12. The Bertz CT molecular complexity index is 750. The first-order chi connectivity index (χ1) is 11.5. The summed E-state index contributed by atoms with van der Waals surface area (Å²) in [6, 6.07) is 9.30. The molecular weight excluding hydrogens is 318 g/mol. The third kappa shape index (κ3) is 4.68. The van der Waals surface area contributed by atoms with Crippen molar-refractivity contribution in [2.24, 2.45) is 0 Å². The summed E-state index contributed by atoms with van der Waals surface area (Å²) in [5.41, 5.74) is 0.475. The number of benzene rings is 2. The zero-order valence-corrected chi connectivity index (χ0v) is 12.7. The molecule has 7 heteroatoms. The van der Waals surface area contributed by atoms with Gasteiger partial charge in [-0.25, -0.2) is 8.78 Å². The van der Waals surface area contributed by atoms with E-state index in [9.17, 15) is 24.0 Å².